The molecule has 0 aliphatic rings. The summed E-state index contributed by atoms with van der Waals surface area (Å²) < 4.78 is 6.75. The lowest BCUT2D eigenvalue weighted by molar-refractivity contribution is 0.673. The Morgan fingerprint density at radius 1 is 0.275 bits per heavy atom. The molecule has 0 bridgehead atoms. The van der Waals surface area contributed by atoms with E-state index in [1.807, 2.05) is 0 Å². The summed E-state index contributed by atoms with van der Waals surface area (Å²) in [6.45, 7) is 0. The minimum absolute atomic E-state index is 0.907. The van der Waals surface area contributed by atoms with E-state index in [1.54, 1.807) is 0 Å². The highest BCUT2D eigenvalue weighted by Crippen LogP contribution is 2.46. The van der Waals surface area contributed by atoms with E-state index in [-0.39, 0.29) is 0 Å². The third-order valence-corrected chi connectivity index (χ3v) is 10.8. The Hall–Kier alpha value is -6.70. The van der Waals surface area contributed by atoms with Crippen LogP contribution in [0.3, 0.4) is 0 Å². The van der Waals surface area contributed by atoms with Crippen molar-refractivity contribution in [2.24, 2.45) is 0 Å². The van der Waals surface area contributed by atoms with Crippen LogP contribution in [-0.4, -0.2) is 0 Å². The van der Waals surface area contributed by atoms with Gasteiger partial charge in [-0.2, -0.15) is 0 Å². The average Bonchev–Trinajstić information content (AvgIpc) is 3.59. The zero-order valence-corrected chi connectivity index (χ0v) is 27.7. The Morgan fingerprint density at radius 3 is 1.45 bits per heavy atom. The zero-order chi connectivity index (χ0) is 33.5. The van der Waals surface area contributed by atoms with Crippen molar-refractivity contribution in [3.8, 4) is 33.4 Å². The monoisotopic (exact) mass is 646 g/mol. The maximum absolute atomic E-state index is 6.75. The lowest BCUT2D eigenvalue weighted by Crippen LogP contribution is -1.91. The molecule has 236 valence electrons. The van der Waals surface area contributed by atoms with Crippen LogP contribution >= 0.6 is 0 Å². The Bertz CT molecular complexity index is 3140. The summed E-state index contributed by atoms with van der Waals surface area (Å²) in [4.78, 5) is 0. The molecular formula is C50H30O. The summed E-state index contributed by atoms with van der Waals surface area (Å²) in [6.07, 6.45) is 0. The summed E-state index contributed by atoms with van der Waals surface area (Å²) in [5.41, 5.74) is 9.14. The number of hydrogen-bond acceptors (Lipinski definition) is 1. The van der Waals surface area contributed by atoms with E-state index in [4.69, 9.17) is 4.42 Å². The molecule has 0 aliphatic carbocycles. The van der Waals surface area contributed by atoms with Crippen LogP contribution in [0.15, 0.2) is 186 Å². The first kappa shape index (κ1) is 28.2. The Balaban J connectivity index is 1.12. The van der Waals surface area contributed by atoms with Crippen molar-refractivity contribution in [1.82, 2.24) is 0 Å². The fraction of sp³-hybridized carbons (Fsp3) is 0. The molecule has 11 aromatic rings. The third kappa shape index (κ3) is 4.22. The van der Waals surface area contributed by atoms with Crippen molar-refractivity contribution in [3.63, 3.8) is 0 Å². The highest BCUT2D eigenvalue weighted by molar-refractivity contribution is 6.30. The van der Waals surface area contributed by atoms with E-state index in [0.29, 0.717) is 0 Å². The minimum Gasteiger partial charge on any atom is -0.455 e. The maximum Gasteiger partial charge on any atom is 0.143 e. The number of rotatable bonds is 3. The van der Waals surface area contributed by atoms with E-state index in [1.165, 1.54) is 76.1 Å². The second-order valence-electron chi connectivity index (χ2n) is 13.6. The molecule has 0 amide bonds. The van der Waals surface area contributed by atoms with Gasteiger partial charge in [0.15, 0.2) is 0 Å². The molecule has 0 radical (unpaired) electrons. The predicted molar refractivity (Wildman–Crippen MR) is 218 cm³/mol. The van der Waals surface area contributed by atoms with Crippen molar-refractivity contribution < 1.29 is 4.42 Å². The third-order valence-electron chi connectivity index (χ3n) is 10.8. The molecule has 1 heteroatoms. The van der Waals surface area contributed by atoms with Crippen molar-refractivity contribution in [2.75, 3.05) is 0 Å². The molecule has 1 heterocycles. The van der Waals surface area contributed by atoms with Crippen LogP contribution in [0.1, 0.15) is 0 Å². The van der Waals surface area contributed by atoms with Gasteiger partial charge in [-0.15, -0.1) is 0 Å². The van der Waals surface area contributed by atoms with Crippen LogP contribution in [0.5, 0.6) is 0 Å². The van der Waals surface area contributed by atoms with Crippen LogP contribution in [0, 0.1) is 0 Å². The lowest BCUT2D eigenvalue weighted by Gasteiger charge is -2.18. The maximum atomic E-state index is 6.75. The Morgan fingerprint density at radius 2 is 0.765 bits per heavy atom. The van der Waals surface area contributed by atoms with Crippen molar-refractivity contribution in [1.29, 1.82) is 0 Å². The Labute approximate surface area is 294 Å². The summed E-state index contributed by atoms with van der Waals surface area (Å²) in [6, 6.07) is 66.2. The first-order valence-electron chi connectivity index (χ1n) is 17.6. The van der Waals surface area contributed by atoms with Crippen LogP contribution in [0.4, 0.5) is 0 Å². The number of furan rings is 1. The summed E-state index contributed by atoms with van der Waals surface area (Å²) in [7, 11) is 0. The first-order valence-corrected chi connectivity index (χ1v) is 17.6. The number of fused-ring (bicyclic) bond motifs is 11. The molecular weight excluding hydrogens is 617 g/mol. The molecule has 0 saturated heterocycles. The highest BCUT2D eigenvalue weighted by Gasteiger charge is 2.19. The van der Waals surface area contributed by atoms with Gasteiger partial charge in [0.05, 0.1) is 0 Å². The van der Waals surface area contributed by atoms with E-state index in [0.717, 1.165) is 33.1 Å². The quantitative estimate of drug-likeness (QED) is 0.138. The fourth-order valence-corrected chi connectivity index (χ4v) is 8.53. The molecule has 10 aromatic carbocycles. The largest absolute Gasteiger partial charge is 0.455 e. The molecule has 0 saturated carbocycles. The van der Waals surface area contributed by atoms with Gasteiger partial charge in [-0.1, -0.05) is 158 Å². The number of hydrogen-bond donors (Lipinski definition) is 0. The molecule has 1 nitrogen and oxygen atoms in total. The van der Waals surface area contributed by atoms with E-state index >= 15 is 0 Å². The summed E-state index contributed by atoms with van der Waals surface area (Å²) in [5, 5.41) is 14.7. The van der Waals surface area contributed by atoms with Gasteiger partial charge in [-0.05, 0) is 106 Å². The highest BCUT2D eigenvalue weighted by atomic mass is 16.3. The molecule has 51 heavy (non-hydrogen) atoms. The molecule has 0 N–H and O–H groups in total. The minimum atomic E-state index is 0.907. The predicted octanol–water partition coefficient (Wildman–Crippen LogP) is 14.4. The standard InChI is InChI=1S/C50H30O/c1-2-13-32-28-36(25-24-31(32)12-1)48-42-21-8-6-19-40(42)47(41-20-7-9-22-43(41)48)35-15-11-14-33(29-35)34-26-27-45-46(30-34)51-50-44-23-10-4-17-38(44)37-16-3-5-18-39(37)49(45)50/h1-30H. The first-order chi connectivity index (χ1) is 25.3. The van der Waals surface area contributed by atoms with Crippen LogP contribution < -0.4 is 0 Å². The van der Waals surface area contributed by atoms with E-state index < -0.39 is 0 Å². The topological polar surface area (TPSA) is 13.1 Å². The summed E-state index contributed by atoms with van der Waals surface area (Å²) >= 11 is 0. The normalized spacial score (nSPS) is 11.9. The molecule has 0 aliphatic heterocycles. The second kappa shape index (κ2) is 10.9. The van der Waals surface area contributed by atoms with Gasteiger partial charge in [0.2, 0.25) is 0 Å². The van der Waals surface area contributed by atoms with E-state index in [9.17, 15) is 0 Å². The fourth-order valence-electron chi connectivity index (χ4n) is 8.53. The van der Waals surface area contributed by atoms with E-state index in [2.05, 4.69) is 182 Å². The lowest BCUT2D eigenvalue weighted by atomic mass is 9.85. The second-order valence-corrected chi connectivity index (χ2v) is 13.6. The van der Waals surface area contributed by atoms with Crippen LogP contribution in [-0.2, 0) is 0 Å². The molecule has 0 fully saturated rings. The van der Waals surface area contributed by atoms with Gasteiger partial charge >= 0.3 is 0 Å². The molecule has 0 spiro atoms. The van der Waals surface area contributed by atoms with Gasteiger partial charge in [-0.25, -0.2) is 0 Å². The average molecular weight is 647 g/mol. The molecule has 0 atom stereocenters. The van der Waals surface area contributed by atoms with Crippen molar-refractivity contribution in [3.05, 3.63) is 182 Å². The van der Waals surface area contributed by atoms with Gasteiger partial charge in [0.25, 0.3) is 0 Å². The van der Waals surface area contributed by atoms with Gasteiger partial charge in [-0.3, -0.25) is 0 Å². The molecule has 1 aromatic heterocycles. The van der Waals surface area contributed by atoms with Crippen molar-refractivity contribution in [2.45, 2.75) is 0 Å². The van der Waals surface area contributed by atoms with Gasteiger partial charge in [0, 0.05) is 16.2 Å². The zero-order valence-electron chi connectivity index (χ0n) is 27.7. The van der Waals surface area contributed by atoms with Crippen LogP contribution in [0.2, 0.25) is 0 Å². The van der Waals surface area contributed by atoms with Gasteiger partial charge < -0.3 is 4.42 Å². The Kier molecular flexibility index (Phi) is 6.02. The molecule has 0 unspecified atom stereocenters. The number of benzene rings is 10. The van der Waals surface area contributed by atoms with Crippen molar-refractivity contribution >= 4 is 75.8 Å². The van der Waals surface area contributed by atoms with Crippen LogP contribution in [0.25, 0.3) is 109 Å². The molecule has 11 rings (SSSR count). The smallest absolute Gasteiger partial charge is 0.143 e. The SMILES string of the molecule is c1cc(-c2ccc3c(c2)oc2c4ccccc4c4ccccc4c32)cc(-c2c3ccccc3c(-c3ccc4ccccc4c3)c3ccccc23)c1. The summed E-state index contributed by atoms with van der Waals surface area (Å²) in [5.74, 6) is 0. The van der Waals surface area contributed by atoms with Gasteiger partial charge in [0.1, 0.15) is 11.2 Å².